The van der Waals surface area contributed by atoms with Crippen LogP contribution in [0.4, 0.5) is 0 Å². The number of hydrogen-bond acceptors (Lipinski definition) is 3. The van der Waals surface area contributed by atoms with Crippen LogP contribution in [-0.2, 0) is 14.8 Å². The van der Waals surface area contributed by atoms with E-state index in [4.69, 9.17) is 0 Å². The Labute approximate surface area is 183 Å². The number of sulfonamides is 1. The van der Waals surface area contributed by atoms with Crippen LogP contribution in [-0.4, -0.2) is 24.8 Å². The van der Waals surface area contributed by atoms with Crippen molar-refractivity contribution in [2.45, 2.75) is 13.8 Å². The van der Waals surface area contributed by atoms with Crippen molar-refractivity contribution in [2.24, 2.45) is 22.7 Å². The lowest BCUT2D eigenvalue weighted by Gasteiger charge is -2.39. The van der Waals surface area contributed by atoms with Crippen molar-refractivity contribution in [1.29, 1.82) is 0 Å². The van der Waals surface area contributed by atoms with Gasteiger partial charge in [-0.2, -0.15) is 0 Å². The highest BCUT2D eigenvalue weighted by Gasteiger charge is 2.70. The summed E-state index contributed by atoms with van der Waals surface area (Å²) < 4.78 is 25.6. The Morgan fingerprint density at radius 2 is 1.13 bits per heavy atom. The summed E-state index contributed by atoms with van der Waals surface area (Å²) in [6, 6.07) is 20.2. The molecule has 4 nitrogen and oxygen atoms in total. The standard InChI is InChI=1S/C26H25NO3S/c1-25-20-14-16-27(31(3,29)30)17-15-21(20)26(2,24(25)28)23(19-12-8-5-9-13-19)22(25)18-10-6-4-7-11-18/h4-17,20-21H,1-3H3. The minimum absolute atomic E-state index is 0.129. The van der Waals surface area contributed by atoms with Crippen molar-refractivity contribution in [3.05, 3.63) is 96.3 Å². The van der Waals surface area contributed by atoms with E-state index in [-0.39, 0.29) is 17.6 Å². The monoisotopic (exact) mass is 431 g/mol. The molecule has 0 spiro atoms. The lowest BCUT2D eigenvalue weighted by atomic mass is 9.62. The second-order valence-electron chi connectivity index (χ2n) is 9.04. The van der Waals surface area contributed by atoms with E-state index in [0.29, 0.717) is 0 Å². The molecule has 0 aromatic heterocycles. The fourth-order valence-electron chi connectivity index (χ4n) is 5.99. The third-order valence-electron chi connectivity index (χ3n) is 7.34. The van der Waals surface area contributed by atoms with Crippen molar-refractivity contribution >= 4 is 27.0 Å². The number of allylic oxidation sites excluding steroid dienone is 4. The number of carbonyl (C=O) groups excluding carboxylic acids is 1. The molecule has 1 aliphatic heterocycles. The van der Waals surface area contributed by atoms with Gasteiger partial charge < -0.3 is 0 Å². The number of benzene rings is 2. The van der Waals surface area contributed by atoms with E-state index in [1.807, 2.05) is 62.4 Å². The second-order valence-corrected chi connectivity index (χ2v) is 10.9. The van der Waals surface area contributed by atoms with Gasteiger partial charge in [0.15, 0.2) is 5.78 Å². The minimum Gasteiger partial charge on any atom is -0.298 e. The van der Waals surface area contributed by atoms with Crippen molar-refractivity contribution in [1.82, 2.24) is 4.31 Å². The predicted octanol–water partition coefficient (Wildman–Crippen LogP) is 4.74. The summed E-state index contributed by atoms with van der Waals surface area (Å²) in [5, 5.41) is 0. The number of carbonyl (C=O) groups is 1. The highest BCUT2D eigenvalue weighted by molar-refractivity contribution is 7.88. The van der Waals surface area contributed by atoms with Gasteiger partial charge >= 0.3 is 0 Å². The third-order valence-corrected chi connectivity index (χ3v) is 8.35. The molecule has 31 heavy (non-hydrogen) atoms. The molecule has 1 fully saturated rings. The Balaban J connectivity index is 1.81. The van der Waals surface area contributed by atoms with Gasteiger partial charge in [-0.25, -0.2) is 8.42 Å². The van der Waals surface area contributed by atoms with Crippen molar-refractivity contribution in [3.8, 4) is 0 Å². The number of fused-ring (bicyclic) bond motifs is 5. The van der Waals surface area contributed by atoms with Crippen LogP contribution in [0, 0.1) is 22.7 Å². The van der Waals surface area contributed by atoms with Gasteiger partial charge in [-0.05, 0) is 36.1 Å². The van der Waals surface area contributed by atoms with Gasteiger partial charge in [0.2, 0.25) is 10.0 Å². The first kappa shape index (κ1) is 20.0. The fourth-order valence-corrected chi connectivity index (χ4v) is 6.57. The van der Waals surface area contributed by atoms with Crippen LogP contribution in [0.3, 0.4) is 0 Å². The fraction of sp³-hybridized carbons (Fsp3) is 0.269. The summed E-state index contributed by atoms with van der Waals surface area (Å²) >= 11 is 0. The first-order valence-electron chi connectivity index (χ1n) is 10.5. The second kappa shape index (κ2) is 6.54. The van der Waals surface area contributed by atoms with Crippen LogP contribution in [0.5, 0.6) is 0 Å². The molecule has 0 radical (unpaired) electrons. The Hall–Kier alpha value is -2.92. The first-order chi connectivity index (χ1) is 14.7. The van der Waals surface area contributed by atoms with E-state index < -0.39 is 20.9 Å². The smallest absolute Gasteiger partial charge is 0.235 e. The van der Waals surface area contributed by atoms with Gasteiger partial charge in [-0.15, -0.1) is 0 Å². The Kier molecular flexibility index (Phi) is 4.22. The maximum Gasteiger partial charge on any atom is 0.235 e. The molecule has 0 N–H and O–H groups in total. The molecule has 4 unspecified atom stereocenters. The molecule has 2 aliphatic carbocycles. The van der Waals surface area contributed by atoms with Gasteiger partial charge in [-0.1, -0.05) is 72.8 Å². The van der Waals surface area contributed by atoms with E-state index in [1.165, 1.54) is 10.6 Å². The highest BCUT2D eigenvalue weighted by atomic mass is 32.2. The summed E-state index contributed by atoms with van der Waals surface area (Å²) in [7, 11) is -3.42. The normalized spacial score (nSPS) is 31.8. The van der Waals surface area contributed by atoms with E-state index in [0.717, 1.165) is 22.3 Å². The van der Waals surface area contributed by atoms with Gasteiger partial charge in [0.25, 0.3) is 0 Å². The zero-order chi connectivity index (χ0) is 22.0. The highest BCUT2D eigenvalue weighted by Crippen LogP contribution is 2.72. The van der Waals surface area contributed by atoms with Gasteiger partial charge in [0, 0.05) is 24.2 Å². The maximum absolute atomic E-state index is 14.1. The lowest BCUT2D eigenvalue weighted by Crippen LogP contribution is -2.31. The van der Waals surface area contributed by atoms with Gasteiger partial charge in [0.1, 0.15) is 0 Å². The molecule has 4 atom stereocenters. The average molecular weight is 432 g/mol. The maximum atomic E-state index is 14.1. The van der Waals surface area contributed by atoms with Crippen LogP contribution in [0.1, 0.15) is 25.0 Å². The zero-order valence-corrected chi connectivity index (χ0v) is 18.6. The molecule has 3 aliphatic rings. The lowest BCUT2D eigenvalue weighted by molar-refractivity contribution is -0.127. The van der Waals surface area contributed by atoms with Crippen LogP contribution in [0.15, 0.2) is 85.2 Å². The number of ketones is 1. The molecule has 5 heteroatoms. The average Bonchev–Trinajstić information content (AvgIpc) is 2.95. The molecule has 1 heterocycles. The number of nitrogens with zero attached hydrogens (tertiary/aromatic N) is 1. The number of rotatable bonds is 3. The molecular formula is C26H25NO3S. The topological polar surface area (TPSA) is 54.5 Å². The molecule has 0 amide bonds. The van der Waals surface area contributed by atoms with Gasteiger partial charge in [-0.3, -0.25) is 9.10 Å². The van der Waals surface area contributed by atoms with E-state index in [1.54, 1.807) is 12.4 Å². The molecular weight excluding hydrogens is 406 g/mol. The summed E-state index contributed by atoms with van der Waals surface area (Å²) in [6.45, 7) is 4.07. The quantitative estimate of drug-likeness (QED) is 0.705. The Bertz CT molecular complexity index is 1180. The van der Waals surface area contributed by atoms with Crippen LogP contribution >= 0.6 is 0 Å². The minimum atomic E-state index is -3.42. The Morgan fingerprint density at radius 3 is 1.48 bits per heavy atom. The van der Waals surface area contributed by atoms with Crippen molar-refractivity contribution < 1.29 is 13.2 Å². The van der Waals surface area contributed by atoms with Gasteiger partial charge in [0.05, 0.1) is 17.1 Å². The largest absolute Gasteiger partial charge is 0.298 e. The molecule has 2 bridgehead atoms. The summed E-state index contributed by atoms with van der Waals surface area (Å²) in [5.41, 5.74) is 2.69. The first-order valence-corrected chi connectivity index (χ1v) is 12.3. The molecule has 0 saturated heterocycles. The summed E-state index contributed by atoms with van der Waals surface area (Å²) in [4.78, 5) is 14.1. The molecule has 1 saturated carbocycles. The van der Waals surface area contributed by atoms with Crippen molar-refractivity contribution in [3.63, 3.8) is 0 Å². The zero-order valence-electron chi connectivity index (χ0n) is 17.8. The Morgan fingerprint density at radius 1 is 0.742 bits per heavy atom. The molecule has 2 aromatic rings. The van der Waals surface area contributed by atoms with E-state index in [9.17, 15) is 13.2 Å². The third kappa shape index (κ3) is 2.59. The number of hydrogen-bond donors (Lipinski definition) is 0. The van der Waals surface area contributed by atoms with Crippen LogP contribution in [0.2, 0.25) is 0 Å². The predicted molar refractivity (Wildman–Crippen MR) is 123 cm³/mol. The summed E-state index contributed by atoms with van der Waals surface area (Å²) in [6.07, 6.45) is 8.22. The number of Topliss-reactive ketones (excluding diaryl/α,β-unsaturated/α-hetero) is 1. The van der Waals surface area contributed by atoms with Crippen LogP contribution < -0.4 is 0 Å². The van der Waals surface area contributed by atoms with Crippen molar-refractivity contribution in [2.75, 3.05) is 6.26 Å². The van der Waals surface area contributed by atoms with Crippen LogP contribution in [0.25, 0.3) is 11.1 Å². The molecule has 5 rings (SSSR count). The SMILES string of the molecule is CC12C(=O)C(C)(C(c3ccccc3)=C1c1ccccc1)C1C=CN(S(C)(=O)=O)C=CC12. The molecule has 2 aromatic carbocycles. The van der Waals surface area contributed by atoms with E-state index in [2.05, 4.69) is 24.3 Å². The van der Waals surface area contributed by atoms with E-state index >= 15 is 0 Å². The summed E-state index contributed by atoms with van der Waals surface area (Å²) in [5.74, 6) is -0.0545. The molecule has 158 valence electrons.